The number of rotatable bonds is 6. The van der Waals surface area contributed by atoms with Crippen LogP contribution in [-0.2, 0) is 4.79 Å². The van der Waals surface area contributed by atoms with Crippen LogP contribution in [0.2, 0.25) is 0 Å². The maximum Gasteiger partial charge on any atom is 0.349 e. The van der Waals surface area contributed by atoms with Crippen LogP contribution in [0.25, 0.3) is 0 Å². The van der Waals surface area contributed by atoms with E-state index in [0.717, 1.165) is 11.1 Å². The molecule has 0 aliphatic rings. The monoisotopic (exact) mass is 328 g/mol. The first kappa shape index (κ1) is 17.5. The number of benzene rings is 2. The van der Waals surface area contributed by atoms with Crippen LogP contribution in [0.4, 0.5) is 0 Å². The van der Waals surface area contributed by atoms with Crippen LogP contribution < -0.4 is 14.2 Å². The van der Waals surface area contributed by atoms with Gasteiger partial charge in [-0.1, -0.05) is 18.2 Å². The van der Waals surface area contributed by atoms with E-state index in [0.29, 0.717) is 22.8 Å². The normalized spacial score (nSPS) is 10.2. The lowest BCUT2D eigenvalue weighted by atomic mass is 10.1. The number of hydrogen-bond donors (Lipinski definition) is 0. The Morgan fingerprint density at radius 2 is 1.67 bits per heavy atom. The summed E-state index contributed by atoms with van der Waals surface area (Å²) in [6.07, 6.45) is 0. The topological polar surface area (TPSA) is 61.8 Å². The fourth-order valence-corrected chi connectivity index (χ4v) is 2.25. The lowest BCUT2D eigenvalue weighted by Crippen LogP contribution is -2.19. The number of ether oxygens (including phenoxy) is 3. The zero-order valence-corrected chi connectivity index (χ0v) is 14.2. The molecule has 0 heterocycles. The van der Waals surface area contributed by atoms with E-state index in [1.165, 1.54) is 14.0 Å². The average Bonchev–Trinajstić information content (AvgIpc) is 2.56. The molecule has 5 heteroatoms. The minimum Gasteiger partial charge on any atom is -0.493 e. The first-order chi connectivity index (χ1) is 11.4. The van der Waals surface area contributed by atoms with Crippen LogP contribution in [0.15, 0.2) is 36.4 Å². The Balaban J connectivity index is 2.05. The number of carbonyl (C=O) groups is 2. The number of para-hydroxylation sites is 1. The second kappa shape index (κ2) is 7.64. The van der Waals surface area contributed by atoms with Crippen molar-refractivity contribution >= 4 is 11.8 Å². The maximum atomic E-state index is 12.0. The van der Waals surface area contributed by atoms with Crippen LogP contribution >= 0.6 is 0 Å². The fraction of sp³-hybridized carbons (Fsp3) is 0.263. The van der Waals surface area contributed by atoms with Gasteiger partial charge in [0, 0.05) is 5.56 Å². The van der Waals surface area contributed by atoms with Gasteiger partial charge in [0.05, 0.1) is 7.11 Å². The van der Waals surface area contributed by atoms with Gasteiger partial charge in [0.1, 0.15) is 5.75 Å². The molecule has 0 aliphatic carbocycles. The van der Waals surface area contributed by atoms with Crippen molar-refractivity contribution in [1.29, 1.82) is 0 Å². The molecule has 0 spiro atoms. The molecule has 2 aromatic carbocycles. The third kappa shape index (κ3) is 4.13. The van der Waals surface area contributed by atoms with E-state index in [2.05, 4.69) is 0 Å². The highest BCUT2D eigenvalue weighted by molar-refractivity contribution is 5.94. The van der Waals surface area contributed by atoms with Crippen molar-refractivity contribution < 1.29 is 23.8 Å². The molecule has 0 fully saturated rings. The summed E-state index contributed by atoms with van der Waals surface area (Å²) < 4.78 is 16.0. The molecule has 0 radical (unpaired) electrons. The Labute approximate surface area is 141 Å². The van der Waals surface area contributed by atoms with Gasteiger partial charge >= 0.3 is 5.97 Å². The molecule has 0 amide bonds. The number of methoxy groups -OCH3 is 1. The van der Waals surface area contributed by atoms with Crippen LogP contribution in [-0.4, -0.2) is 25.5 Å². The molecule has 0 saturated carbocycles. The predicted molar refractivity (Wildman–Crippen MR) is 90.0 cm³/mol. The summed E-state index contributed by atoms with van der Waals surface area (Å²) in [6, 6.07) is 10.5. The second-order valence-electron chi connectivity index (χ2n) is 5.41. The molecule has 0 unspecified atom stereocenters. The first-order valence-electron chi connectivity index (χ1n) is 7.51. The summed E-state index contributed by atoms with van der Waals surface area (Å²) in [5.74, 6) is 0.730. The van der Waals surface area contributed by atoms with E-state index in [1.54, 1.807) is 18.2 Å². The Morgan fingerprint density at radius 3 is 2.25 bits per heavy atom. The van der Waals surface area contributed by atoms with Gasteiger partial charge in [-0.25, -0.2) is 4.79 Å². The van der Waals surface area contributed by atoms with Crippen LogP contribution in [0.3, 0.4) is 0 Å². The van der Waals surface area contributed by atoms with Gasteiger partial charge < -0.3 is 14.2 Å². The summed E-state index contributed by atoms with van der Waals surface area (Å²) >= 11 is 0. The van der Waals surface area contributed by atoms with Gasteiger partial charge in [0.2, 0.25) is 0 Å². The summed E-state index contributed by atoms with van der Waals surface area (Å²) in [5.41, 5.74) is 2.27. The molecule has 0 atom stereocenters. The SMILES string of the molecule is COc1cc(C(C)=O)ccc1OCC(=O)Oc1c(C)cccc1C. The van der Waals surface area contributed by atoms with Gasteiger partial charge in [0.15, 0.2) is 23.9 Å². The van der Waals surface area contributed by atoms with E-state index in [-0.39, 0.29) is 12.4 Å². The Kier molecular flexibility index (Phi) is 5.58. The molecule has 24 heavy (non-hydrogen) atoms. The van der Waals surface area contributed by atoms with Gasteiger partial charge in [-0.2, -0.15) is 0 Å². The smallest absolute Gasteiger partial charge is 0.349 e. The van der Waals surface area contributed by atoms with Crippen molar-refractivity contribution in [1.82, 2.24) is 0 Å². The third-order valence-electron chi connectivity index (χ3n) is 3.54. The average molecular weight is 328 g/mol. The Morgan fingerprint density at radius 1 is 1.00 bits per heavy atom. The molecule has 0 aromatic heterocycles. The van der Waals surface area contributed by atoms with E-state index in [4.69, 9.17) is 14.2 Å². The highest BCUT2D eigenvalue weighted by atomic mass is 16.6. The third-order valence-corrected chi connectivity index (χ3v) is 3.54. The molecule has 0 aliphatic heterocycles. The molecule has 5 nitrogen and oxygen atoms in total. The van der Waals surface area contributed by atoms with E-state index < -0.39 is 5.97 Å². The zero-order valence-electron chi connectivity index (χ0n) is 14.2. The van der Waals surface area contributed by atoms with Crippen molar-refractivity contribution in [2.45, 2.75) is 20.8 Å². The lowest BCUT2D eigenvalue weighted by molar-refractivity contribution is -0.136. The minimum atomic E-state index is -0.509. The summed E-state index contributed by atoms with van der Waals surface area (Å²) in [6.45, 7) is 4.96. The summed E-state index contributed by atoms with van der Waals surface area (Å²) in [4.78, 5) is 23.4. The first-order valence-corrected chi connectivity index (χ1v) is 7.51. The number of aryl methyl sites for hydroxylation is 2. The Bertz CT molecular complexity index is 744. The van der Waals surface area contributed by atoms with Gasteiger partial charge in [-0.05, 0) is 50.1 Å². The standard InChI is InChI=1S/C19H20O5/c1-12-6-5-7-13(2)19(12)24-18(21)11-23-16-9-8-15(14(3)20)10-17(16)22-4/h5-10H,11H2,1-4H3. The van der Waals surface area contributed by atoms with Crippen LogP contribution in [0, 0.1) is 13.8 Å². The molecule has 0 saturated heterocycles. The van der Waals surface area contributed by atoms with Gasteiger partial charge in [0.25, 0.3) is 0 Å². The predicted octanol–water partition coefficient (Wildman–Crippen LogP) is 3.50. The number of carbonyl (C=O) groups excluding carboxylic acids is 2. The van der Waals surface area contributed by atoms with Crippen LogP contribution in [0.5, 0.6) is 17.2 Å². The number of Topliss-reactive ketones (excluding diaryl/α,β-unsaturated/α-hetero) is 1. The molecule has 126 valence electrons. The van der Waals surface area contributed by atoms with E-state index in [1.807, 2.05) is 32.0 Å². The van der Waals surface area contributed by atoms with Crippen molar-refractivity contribution in [3.63, 3.8) is 0 Å². The number of ketones is 1. The summed E-state index contributed by atoms with van der Waals surface area (Å²) in [5, 5.41) is 0. The second-order valence-corrected chi connectivity index (χ2v) is 5.41. The van der Waals surface area contributed by atoms with Crippen molar-refractivity contribution in [3.8, 4) is 17.2 Å². The Hall–Kier alpha value is -2.82. The molecule has 0 bridgehead atoms. The van der Waals surface area contributed by atoms with Crippen molar-refractivity contribution in [2.24, 2.45) is 0 Å². The van der Waals surface area contributed by atoms with E-state index in [9.17, 15) is 9.59 Å². The molecule has 2 rings (SSSR count). The van der Waals surface area contributed by atoms with E-state index >= 15 is 0 Å². The molecule has 0 N–H and O–H groups in total. The number of esters is 1. The lowest BCUT2D eigenvalue weighted by Gasteiger charge is -2.13. The number of hydrogen-bond acceptors (Lipinski definition) is 5. The van der Waals surface area contributed by atoms with Crippen molar-refractivity contribution in [3.05, 3.63) is 53.1 Å². The highest BCUT2D eigenvalue weighted by Gasteiger charge is 2.13. The molecule has 2 aromatic rings. The van der Waals surface area contributed by atoms with Gasteiger partial charge in [-0.15, -0.1) is 0 Å². The molecular weight excluding hydrogens is 308 g/mol. The minimum absolute atomic E-state index is 0.0747. The highest BCUT2D eigenvalue weighted by Crippen LogP contribution is 2.28. The summed E-state index contributed by atoms with van der Waals surface area (Å²) in [7, 11) is 1.47. The van der Waals surface area contributed by atoms with Crippen molar-refractivity contribution in [2.75, 3.05) is 13.7 Å². The van der Waals surface area contributed by atoms with Gasteiger partial charge in [-0.3, -0.25) is 4.79 Å². The maximum absolute atomic E-state index is 12.0. The largest absolute Gasteiger partial charge is 0.493 e. The van der Waals surface area contributed by atoms with Crippen LogP contribution in [0.1, 0.15) is 28.4 Å². The quantitative estimate of drug-likeness (QED) is 0.461. The zero-order chi connectivity index (χ0) is 17.7. The fourth-order valence-electron chi connectivity index (χ4n) is 2.25. The molecular formula is C19H20O5.